The smallest absolute Gasteiger partial charge is 0.238 e. The fraction of sp³-hybridized carbons (Fsp3) is 0.417. The van der Waals surface area contributed by atoms with Crippen molar-refractivity contribution in [1.82, 2.24) is 9.80 Å². The van der Waals surface area contributed by atoms with Crippen LogP contribution >= 0.6 is 15.9 Å². The number of hydrogen-bond acceptors (Lipinski definition) is 5. The van der Waals surface area contributed by atoms with Crippen LogP contribution in [0.3, 0.4) is 0 Å². The van der Waals surface area contributed by atoms with E-state index in [-0.39, 0.29) is 11.8 Å². The van der Waals surface area contributed by atoms with E-state index in [1.54, 1.807) is 0 Å². The van der Waals surface area contributed by atoms with Crippen LogP contribution in [-0.4, -0.2) is 74.0 Å². The Balaban J connectivity index is 1.38. The molecule has 3 rings (SSSR count). The first kappa shape index (κ1) is 24.2. The van der Waals surface area contributed by atoms with E-state index < -0.39 is 0 Å². The van der Waals surface area contributed by atoms with Gasteiger partial charge in [-0.15, -0.1) is 0 Å². The lowest BCUT2D eigenvalue weighted by Gasteiger charge is -2.33. The SMILES string of the molecule is CCN(CC)c1ccc(NC(=O)CN2CCN(CC(=O)Nc3ccc(Br)cc3)CC2)cc1. The fourth-order valence-corrected chi connectivity index (χ4v) is 4.05. The number of carbonyl (C=O) groups is 2. The average Bonchev–Trinajstić information content (AvgIpc) is 2.78. The Morgan fingerprint density at radius 2 is 1.19 bits per heavy atom. The molecule has 0 aliphatic carbocycles. The van der Waals surface area contributed by atoms with Gasteiger partial charge in [-0.25, -0.2) is 0 Å². The van der Waals surface area contributed by atoms with Crippen LogP contribution in [0.1, 0.15) is 13.8 Å². The predicted octanol–water partition coefficient (Wildman–Crippen LogP) is 3.49. The number of halogens is 1. The van der Waals surface area contributed by atoms with Gasteiger partial charge in [-0.3, -0.25) is 19.4 Å². The number of benzene rings is 2. The summed E-state index contributed by atoms with van der Waals surface area (Å²) in [6.45, 7) is 9.95. The van der Waals surface area contributed by atoms with E-state index in [1.807, 2.05) is 48.5 Å². The third-order valence-corrected chi connectivity index (χ3v) is 6.14. The Labute approximate surface area is 198 Å². The first-order valence-electron chi connectivity index (χ1n) is 11.1. The van der Waals surface area contributed by atoms with Gasteiger partial charge in [0.1, 0.15) is 0 Å². The number of nitrogens with zero attached hydrogens (tertiary/aromatic N) is 3. The van der Waals surface area contributed by atoms with Crippen molar-refractivity contribution in [3.05, 3.63) is 53.0 Å². The average molecular weight is 502 g/mol. The van der Waals surface area contributed by atoms with Gasteiger partial charge >= 0.3 is 0 Å². The predicted molar refractivity (Wildman–Crippen MR) is 134 cm³/mol. The van der Waals surface area contributed by atoms with Crippen molar-refractivity contribution in [1.29, 1.82) is 0 Å². The highest BCUT2D eigenvalue weighted by Crippen LogP contribution is 2.18. The lowest BCUT2D eigenvalue weighted by Crippen LogP contribution is -2.50. The molecular formula is C24H32BrN5O2. The highest BCUT2D eigenvalue weighted by molar-refractivity contribution is 9.10. The van der Waals surface area contributed by atoms with E-state index in [9.17, 15) is 9.59 Å². The normalized spacial score (nSPS) is 14.7. The molecule has 0 spiro atoms. The fourth-order valence-electron chi connectivity index (χ4n) is 3.79. The van der Waals surface area contributed by atoms with Gasteiger partial charge in [-0.05, 0) is 62.4 Å². The molecule has 0 bridgehead atoms. The van der Waals surface area contributed by atoms with E-state index in [1.165, 1.54) is 0 Å². The molecule has 2 aromatic rings. The molecule has 0 atom stereocenters. The van der Waals surface area contributed by atoms with Crippen LogP contribution in [0.2, 0.25) is 0 Å². The van der Waals surface area contributed by atoms with Crippen LogP contribution in [0.4, 0.5) is 17.1 Å². The van der Waals surface area contributed by atoms with Crippen molar-refractivity contribution in [2.75, 3.05) is 67.9 Å². The van der Waals surface area contributed by atoms with Crippen molar-refractivity contribution >= 4 is 44.8 Å². The zero-order valence-corrected chi connectivity index (χ0v) is 20.4. The Kier molecular flexibility index (Phi) is 9.08. The van der Waals surface area contributed by atoms with Gasteiger partial charge in [0.15, 0.2) is 0 Å². The van der Waals surface area contributed by atoms with Crippen LogP contribution in [0, 0.1) is 0 Å². The van der Waals surface area contributed by atoms with Crippen LogP contribution in [0.5, 0.6) is 0 Å². The number of amides is 2. The summed E-state index contributed by atoms with van der Waals surface area (Å²) < 4.78 is 0.979. The summed E-state index contributed by atoms with van der Waals surface area (Å²) in [5.41, 5.74) is 2.76. The van der Waals surface area contributed by atoms with Gasteiger partial charge in [0.25, 0.3) is 0 Å². The Morgan fingerprint density at radius 1 is 0.781 bits per heavy atom. The van der Waals surface area contributed by atoms with Crippen LogP contribution < -0.4 is 15.5 Å². The summed E-state index contributed by atoms with van der Waals surface area (Å²) >= 11 is 3.39. The number of hydrogen-bond donors (Lipinski definition) is 2. The summed E-state index contributed by atoms with van der Waals surface area (Å²) in [7, 11) is 0. The Morgan fingerprint density at radius 3 is 1.59 bits per heavy atom. The maximum atomic E-state index is 12.5. The lowest BCUT2D eigenvalue weighted by molar-refractivity contribution is -0.120. The molecule has 0 unspecified atom stereocenters. The zero-order valence-electron chi connectivity index (χ0n) is 18.8. The minimum Gasteiger partial charge on any atom is -0.372 e. The topological polar surface area (TPSA) is 67.9 Å². The maximum absolute atomic E-state index is 12.5. The number of nitrogens with one attached hydrogen (secondary N) is 2. The molecule has 7 nitrogen and oxygen atoms in total. The molecule has 0 saturated carbocycles. The second-order valence-corrected chi connectivity index (χ2v) is 8.79. The minimum absolute atomic E-state index is 0.0120. The quantitative estimate of drug-likeness (QED) is 0.550. The van der Waals surface area contributed by atoms with Crippen LogP contribution in [0.25, 0.3) is 0 Å². The van der Waals surface area contributed by atoms with Gasteiger partial charge in [0, 0.05) is 60.8 Å². The second kappa shape index (κ2) is 12.0. The first-order valence-corrected chi connectivity index (χ1v) is 11.9. The third-order valence-electron chi connectivity index (χ3n) is 5.61. The lowest BCUT2D eigenvalue weighted by atomic mass is 10.2. The van der Waals surface area contributed by atoms with E-state index in [0.29, 0.717) is 13.1 Å². The number of rotatable bonds is 9. The number of anilines is 3. The highest BCUT2D eigenvalue weighted by atomic mass is 79.9. The summed E-state index contributed by atoms with van der Waals surface area (Å²) in [6, 6.07) is 15.5. The molecule has 2 N–H and O–H groups in total. The molecule has 1 fully saturated rings. The number of piperazine rings is 1. The van der Waals surface area contributed by atoms with E-state index >= 15 is 0 Å². The van der Waals surface area contributed by atoms with E-state index in [4.69, 9.17) is 0 Å². The summed E-state index contributed by atoms with van der Waals surface area (Å²) in [5, 5.41) is 5.91. The van der Waals surface area contributed by atoms with Crippen LogP contribution in [0.15, 0.2) is 53.0 Å². The largest absolute Gasteiger partial charge is 0.372 e. The standard InChI is InChI=1S/C24H32BrN5O2/c1-3-30(4-2)22-11-9-21(10-12-22)27-24(32)18-29-15-13-28(14-16-29)17-23(31)26-20-7-5-19(25)6-8-20/h5-12H,3-4,13-18H2,1-2H3,(H,26,31)(H,27,32). The molecular weight excluding hydrogens is 470 g/mol. The zero-order chi connectivity index (χ0) is 22.9. The van der Waals surface area contributed by atoms with Crippen LogP contribution in [-0.2, 0) is 9.59 Å². The molecule has 1 aliphatic heterocycles. The Hall–Kier alpha value is -2.42. The monoisotopic (exact) mass is 501 g/mol. The molecule has 172 valence electrons. The minimum atomic E-state index is -0.0216. The third kappa shape index (κ3) is 7.32. The van der Waals surface area contributed by atoms with Crippen molar-refractivity contribution in [2.24, 2.45) is 0 Å². The Bertz CT molecular complexity index is 876. The molecule has 0 aromatic heterocycles. The maximum Gasteiger partial charge on any atom is 0.238 e. The molecule has 0 radical (unpaired) electrons. The summed E-state index contributed by atoms with van der Waals surface area (Å²) in [4.78, 5) is 31.3. The molecule has 1 saturated heterocycles. The molecule has 1 heterocycles. The molecule has 32 heavy (non-hydrogen) atoms. The molecule has 1 aliphatic rings. The number of carbonyl (C=O) groups excluding carboxylic acids is 2. The van der Waals surface area contributed by atoms with Gasteiger partial charge in [0.05, 0.1) is 13.1 Å². The van der Waals surface area contributed by atoms with Gasteiger partial charge in [-0.2, -0.15) is 0 Å². The van der Waals surface area contributed by atoms with Crippen molar-refractivity contribution < 1.29 is 9.59 Å². The summed E-state index contributed by atoms with van der Waals surface area (Å²) in [5.74, 6) is -0.0336. The van der Waals surface area contributed by atoms with Crippen molar-refractivity contribution in [2.45, 2.75) is 13.8 Å². The van der Waals surface area contributed by atoms with E-state index in [2.05, 4.69) is 55.1 Å². The molecule has 8 heteroatoms. The van der Waals surface area contributed by atoms with Gasteiger partial charge in [0.2, 0.25) is 11.8 Å². The summed E-state index contributed by atoms with van der Waals surface area (Å²) in [6.07, 6.45) is 0. The van der Waals surface area contributed by atoms with Crippen molar-refractivity contribution in [3.8, 4) is 0 Å². The molecule has 2 amide bonds. The second-order valence-electron chi connectivity index (χ2n) is 7.87. The van der Waals surface area contributed by atoms with Gasteiger partial charge in [-0.1, -0.05) is 15.9 Å². The first-order chi connectivity index (χ1) is 15.5. The highest BCUT2D eigenvalue weighted by Gasteiger charge is 2.20. The van der Waals surface area contributed by atoms with Gasteiger partial charge < -0.3 is 15.5 Å². The molecule has 2 aromatic carbocycles. The van der Waals surface area contributed by atoms with E-state index in [0.717, 1.165) is 60.8 Å². The van der Waals surface area contributed by atoms with Crippen molar-refractivity contribution in [3.63, 3.8) is 0 Å².